The van der Waals surface area contributed by atoms with Gasteiger partial charge in [0.1, 0.15) is 29.9 Å². The van der Waals surface area contributed by atoms with E-state index >= 15 is 0 Å². The van der Waals surface area contributed by atoms with E-state index in [9.17, 15) is 19.5 Å². The highest BCUT2D eigenvalue weighted by Crippen LogP contribution is 2.47. The molecule has 0 bridgehead atoms. The van der Waals surface area contributed by atoms with Crippen LogP contribution in [-0.4, -0.2) is 71.5 Å². The summed E-state index contributed by atoms with van der Waals surface area (Å²) in [5.41, 5.74) is 6.59. The predicted molar refractivity (Wildman–Crippen MR) is 201 cm³/mol. The fraction of sp³-hybridized carbons (Fsp3) is 0.386. The van der Waals surface area contributed by atoms with E-state index in [0.29, 0.717) is 49.3 Å². The van der Waals surface area contributed by atoms with Gasteiger partial charge in [0, 0.05) is 37.5 Å². The van der Waals surface area contributed by atoms with E-state index < -0.39 is 11.9 Å². The molecule has 0 unspecified atom stereocenters. The zero-order chi connectivity index (χ0) is 36.3. The fourth-order valence-electron chi connectivity index (χ4n) is 8.92. The molecule has 4 aromatic carbocycles. The smallest absolute Gasteiger partial charge is 0.255 e. The first-order valence-electron chi connectivity index (χ1n) is 19.1. The molecule has 0 radical (unpaired) electrons. The molecule has 1 aliphatic carbocycles. The highest BCUT2D eigenvalue weighted by Gasteiger charge is 2.39. The van der Waals surface area contributed by atoms with Crippen molar-refractivity contribution in [2.75, 3.05) is 32.8 Å². The Kier molecular flexibility index (Phi) is 10.2. The number of phenolic OH excluding ortho intramolecular Hbond substituents is 1. The summed E-state index contributed by atoms with van der Waals surface area (Å²) in [6.07, 6.45) is 5.87. The Morgan fingerprint density at radius 3 is 2.42 bits per heavy atom. The number of fused-ring (bicyclic) bond motifs is 2. The maximum absolute atomic E-state index is 13.0. The number of imide groups is 1. The Balaban J connectivity index is 0.811. The number of likely N-dealkylation sites (tertiary alicyclic amines) is 1. The van der Waals surface area contributed by atoms with Gasteiger partial charge in [0.05, 0.1) is 6.61 Å². The molecule has 2 N–H and O–H groups in total. The Labute approximate surface area is 310 Å². The summed E-state index contributed by atoms with van der Waals surface area (Å²) in [6.45, 7) is 4.53. The lowest BCUT2D eigenvalue weighted by Gasteiger charge is -2.35. The third-order valence-electron chi connectivity index (χ3n) is 11.6. The molecule has 0 saturated carbocycles. The van der Waals surface area contributed by atoms with Gasteiger partial charge in [-0.1, -0.05) is 48.5 Å². The lowest BCUT2D eigenvalue weighted by Crippen LogP contribution is -2.52. The first-order valence-corrected chi connectivity index (χ1v) is 19.1. The largest absolute Gasteiger partial charge is 0.508 e. The van der Waals surface area contributed by atoms with E-state index in [1.807, 2.05) is 24.3 Å². The van der Waals surface area contributed by atoms with Gasteiger partial charge in [-0.3, -0.25) is 24.6 Å². The number of aromatic hydroxyl groups is 1. The van der Waals surface area contributed by atoms with Crippen LogP contribution in [0.25, 0.3) is 0 Å². The SMILES string of the molecule is O=C1CC[C@H](N2Cc3cc(OCC[C@H]4CCCN(CCOc5ccc([C@H]6c7ccc(O)cc7CC[C@H]6c6ccccc6)cc5)C4)ccc3C2=O)C(=O)N1. The minimum Gasteiger partial charge on any atom is -0.508 e. The Hall–Kier alpha value is -5.15. The van der Waals surface area contributed by atoms with E-state index in [1.165, 1.54) is 28.7 Å². The van der Waals surface area contributed by atoms with Crippen molar-refractivity contribution in [1.82, 2.24) is 15.1 Å². The van der Waals surface area contributed by atoms with E-state index in [-0.39, 0.29) is 24.2 Å². The molecule has 8 rings (SSSR count). The molecule has 3 aliphatic heterocycles. The Morgan fingerprint density at radius 2 is 1.58 bits per heavy atom. The number of benzene rings is 4. The lowest BCUT2D eigenvalue weighted by atomic mass is 9.69. The maximum Gasteiger partial charge on any atom is 0.255 e. The first-order chi connectivity index (χ1) is 25.9. The monoisotopic (exact) mass is 713 g/mol. The second kappa shape index (κ2) is 15.4. The number of hydrogen-bond acceptors (Lipinski definition) is 7. The summed E-state index contributed by atoms with van der Waals surface area (Å²) in [6, 6.07) is 30.2. The van der Waals surface area contributed by atoms with Crippen molar-refractivity contribution in [3.8, 4) is 17.2 Å². The summed E-state index contributed by atoms with van der Waals surface area (Å²) in [5, 5.41) is 12.5. The summed E-state index contributed by atoms with van der Waals surface area (Å²) in [7, 11) is 0. The summed E-state index contributed by atoms with van der Waals surface area (Å²) in [4.78, 5) is 41.0. The highest BCUT2D eigenvalue weighted by molar-refractivity contribution is 6.05. The minimum atomic E-state index is -0.618. The number of piperidine rings is 2. The average molecular weight is 714 g/mol. The molecular formula is C44H47N3O6. The zero-order valence-corrected chi connectivity index (χ0v) is 30.0. The first kappa shape index (κ1) is 34.9. The molecule has 4 aromatic rings. The van der Waals surface area contributed by atoms with Gasteiger partial charge in [0.25, 0.3) is 5.91 Å². The molecule has 9 nitrogen and oxygen atoms in total. The third-order valence-corrected chi connectivity index (χ3v) is 11.6. The molecule has 4 atom stereocenters. The zero-order valence-electron chi connectivity index (χ0n) is 30.0. The number of nitrogens with zero attached hydrogens (tertiary/aromatic N) is 2. The van der Waals surface area contributed by atoms with Gasteiger partial charge >= 0.3 is 0 Å². The van der Waals surface area contributed by atoms with E-state index in [0.717, 1.165) is 62.4 Å². The number of rotatable bonds is 11. The summed E-state index contributed by atoms with van der Waals surface area (Å²) in [5.74, 6) is 2.21. The van der Waals surface area contributed by atoms with Crippen LogP contribution in [0.1, 0.15) is 88.5 Å². The topological polar surface area (TPSA) is 108 Å². The molecule has 2 saturated heterocycles. The molecule has 274 valence electrons. The van der Waals surface area contributed by atoms with Crippen LogP contribution in [0.3, 0.4) is 0 Å². The van der Waals surface area contributed by atoms with Crippen LogP contribution in [-0.2, 0) is 22.6 Å². The number of ether oxygens (including phenoxy) is 2. The van der Waals surface area contributed by atoms with Gasteiger partial charge in [0.15, 0.2) is 0 Å². The average Bonchev–Trinajstić information content (AvgIpc) is 3.50. The number of carbonyl (C=O) groups excluding carboxylic acids is 3. The normalized spacial score (nSPS) is 22.9. The molecule has 9 heteroatoms. The molecule has 53 heavy (non-hydrogen) atoms. The molecule has 3 amide bonds. The standard InChI is InChI=1S/C44H47N3O6/c48-34-11-16-38-32(25-34)10-15-37(30-6-2-1-3-7-30)42(38)31-8-12-35(13-9-31)53-24-22-46-21-4-5-29(27-46)20-23-52-36-14-17-39-33(26-36)28-47(44(39)51)40-18-19-41(49)45-43(40)50/h1-3,6-9,11-14,16-17,25-26,29,37,40,42,48H,4-5,10,15,18-24,27-28H2,(H,45,49,50)/t29-,37+,40+,42-/m1/s1. The Morgan fingerprint density at radius 1 is 0.774 bits per heavy atom. The summed E-state index contributed by atoms with van der Waals surface area (Å²) < 4.78 is 12.4. The van der Waals surface area contributed by atoms with Crippen LogP contribution in [0.2, 0.25) is 0 Å². The van der Waals surface area contributed by atoms with Gasteiger partial charge in [-0.15, -0.1) is 0 Å². The van der Waals surface area contributed by atoms with Gasteiger partial charge in [-0.25, -0.2) is 0 Å². The minimum absolute atomic E-state index is 0.172. The molecule has 2 fully saturated rings. The molecule has 0 aromatic heterocycles. The number of phenols is 1. The second-order valence-electron chi connectivity index (χ2n) is 15.0. The number of nitrogens with one attached hydrogen (secondary N) is 1. The molecule has 3 heterocycles. The number of aryl methyl sites for hydroxylation is 1. The number of carbonyl (C=O) groups is 3. The molecule has 4 aliphatic rings. The van der Waals surface area contributed by atoms with E-state index in [1.54, 1.807) is 11.0 Å². The highest BCUT2D eigenvalue weighted by atomic mass is 16.5. The second-order valence-corrected chi connectivity index (χ2v) is 15.0. The van der Waals surface area contributed by atoms with E-state index in [2.05, 4.69) is 70.9 Å². The maximum atomic E-state index is 13.0. The Bertz CT molecular complexity index is 1960. The fourth-order valence-corrected chi connectivity index (χ4v) is 8.92. The van der Waals surface area contributed by atoms with Gasteiger partial charge in [-0.05, 0) is 127 Å². The van der Waals surface area contributed by atoms with Crippen molar-refractivity contribution in [3.05, 3.63) is 124 Å². The van der Waals surface area contributed by atoms with Crippen LogP contribution in [0.5, 0.6) is 17.2 Å². The van der Waals surface area contributed by atoms with Crippen LogP contribution in [0.15, 0.2) is 91.0 Å². The van der Waals surface area contributed by atoms with Crippen molar-refractivity contribution < 1.29 is 29.0 Å². The van der Waals surface area contributed by atoms with Gasteiger partial charge in [0.2, 0.25) is 11.8 Å². The molecule has 0 spiro atoms. The van der Waals surface area contributed by atoms with Gasteiger partial charge < -0.3 is 19.5 Å². The quantitative estimate of drug-likeness (QED) is 0.169. The lowest BCUT2D eigenvalue weighted by molar-refractivity contribution is -0.136. The van der Waals surface area contributed by atoms with Crippen molar-refractivity contribution in [2.45, 2.75) is 69.4 Å². The van der Waals surface area contributed by atoms with Crippen LogP contribution in [0, 0.1) is 5.92 Å². The van der Waals surface area contributed by atoms with Crippen LogP contribution < -0.4 is 14.8 Å². The van der Waals surface area contributed by atoms with Crippen molar-refractivity contribution in [1.29, 1.82) is 0 Å². The molecular weight excluding hydrogens is 666 g/mol. The number of hydrogen-bond donors (Lipinski definition) is 2. The van der Waals surface area contributed by atoms with Crippen LogP contribution >= 0.6 is 0 Å². The van der Waals surface area contributed by atoms with E-state index in [4.69, 9.17) is 9.47 Å². The third kappa shape index (κ3) is 7.67. The van der Waals surface area contributed by atoms with Crippen molar-refractivity contribution >= 4 is 17.7 Å². The van der Waals surface area contributed by atoms with Gasteiger partial charge in [-0.2, -0.15) is 0 Å². The predicted octanol–water partition coefficient (Wildman–Crippen LogP) is 6.58. The van der Waals surface area contributed by atoms with Crippen molar-refractivity contribution in [2.24, 2.45) is 5.92 Å². The van der Waals surface area contributed by atoms with Crippen molar-refractivity contribution in [3.63, 3.8) is 0 Å². The summed E-state index contributed by atoms with van der Waals surface area (Å²) >= 11 is 0. The van der Waals surface area contributed by atoms with Crippen LogP contribution in [0.4, 0.5) is 0 Å². The number of amides is 3.